The van der Waals surface area contributed by atoms with Crippen molar-refractivity contribution in [3.05, 3.63) is 56.1 Å². The summed E-state index contributed by atoms with van der Waals surface area (Å²) in [4.78, 5) is 46.7. The average molecular weight is 432 g/mol. The third-order valence-corrected chi connectivity index (χ3v) is 6.51. The van der Waals surface area contributed by atoms with Crippen molar-refractivity contribution in [1.29, 1.82) is 0 Å². The molecule has 0 aliphatic carbocycles. The number of hydrogen-bond acceptors (Lipinski definition) is 7. The zero-order valence-electron chi connectivity index (χ0n) is 15.9. The van der Waals surface area contributed by atoms with Gasteiger partial charge in [0.15, 0.2) is 4.96 Å². The number of carbonyl (C=O) groups is 2. The van der Waals surface area contributed by atoms with Crippen molar-refractivity contribution in [2.24, 2.45) is 0 Å². The van der Waals surface area contributed by atoms with Crippen LogP contribution >= 0.6 is 22.7 Å². The number of rotatable bonds is 5. The van der Waals surface area contributed by atoms with E-state index in [0.29, 0.717) is 42.6 Å². The van der Waals surface area contributed by atoms with E-state index in [1.54, 1.807) is 30.2 Å². The van der Waals surface area contributed by atoms with Crippen molar-refractivity contribution < 1.29 is 9.59 Å². The standard InChI is InChI=1S/C19H21N5O3S2/c1-13(20-17(26)15-3-2-9-28-15)18(27)23-6-4-22(5-7-23)12-14-11-16(25)24-8-10-29-19(24)21-14/h2-3,8-11,13H,4-7,12H2,1H3,(H,20,26). The summed E-state index contributed by atoms with van der Waals surface area (Å²) in [7, 11) is 0. The molecule has 29 heavy (non-hydrogen) atoms. The zero-order valence-corrected chi connectivity index (χ0v) is 17.5. The number of nitrogens with zero attached hydrogens (tertiary/aromatic N) is 4. The van der Waals surface area contributed by atoms with Crippen molar-refractivity contribution in [2.45, 2.75) is 19.5 Å². The van der Waals surface area contributed by atoms with E-state index in [1.807, 2.05) is 16.8 Å². The van der Waals surface area contributed by atoms with Crippen LogP contribution in [-0.4, -0.2) is 63.2 Å². The number of piperazine rings is 1. The Morgan fingerprint density at radius 1 is 1.21 bits per heavy atom. The molecule has 4 heterocycles. The molecule has 0 spiro atoms. The quantitative estimate of drug-likeness (QED) is 0.658. The maximum absolute atomic E-state index is 12.7. The van der Waals surface area contributed by atoms with E-state index in [9.17, 15) is 14.4 Å². The van der Waals surface area contributed by atoms with Gasteiger partial charge in [-0.2, -0.15) is 0 Å². The second-order valence-corrected chi connectivity index (χ2v) is 8.74. The molecule has 10 heteroatoms. The minimum atomic E-state index is -0.570. The third kappa shape index (κ3) is 4.39. The first-order valence-corrected chi connectivity index (χ1v) is 11.1. The number of thiophene rings is 1. The molecule has 8 nitrogen and oxygen atoms in total. The van der Waals surface area contributed by atoms with E-state index in [0.717, 1.165) is 5.69 Å². The molecule has 2 amide bonds. The Labute approximate surface area is 175 Å². The molecule has 3 aromatic rings. The van der Waals surface area contributed by atoms with Crippen LogP contribution in [0.25, 0.3) is 4.96 Å². The molecule has 1 atom stereocenters. The molecule has 1 aliphatic rings. The number of carbonyl (C=O) groups excluding carboxylic acids is 2. The lowest BCUT2D eigenvalue weighted by molar-refractivity contribution is -0.134. The highest BCUT2D eigenvalue weighted by atomic mass is 32.1. The monoisotopic (exact) mass is 431 g/mol. The van der Waals surface area contributed by atoms with Crippen LogP contribution in [0.5, 0.6) is 0 Å². The fraction of sp³-hybridized carbons (Fsp3) is 0.368. The minimum Gasteiger partial charge on any atom is -0.340 e. The SMILES string of the molecule is CC(NC(=O)c1cccs1)C(=O)N1CCN(Cc2cc(=O)n3ccsc3n2)CC1. The Hall–Kier alpha value is -2.56. The summed E-state index contributed by atoms with van der Waals surface area (Å²) in [6.45, 7) is 4.85. The van der Waals surface area contributed by atoms with Crippen molar-refractivity contribution in [3.63, 3.8) is 0 Å². The van der Waals surface area contributed by atoms with Crippen LogP contribution in [-0.2, 0) is 11.3 Å². The van der Waals surface area contributed by atoms with Gasteiger partial charge < -0.3 is 10.2 Å². The van der Waals surface area contributed by atoms with Gasteiger partial charge in [0.25, 0.3) is 11.5 Å². The van der Waals surface area contributed by atoms with Crippen molar-refractivity contribution in [3.8, 4) is 0 Å². The van der Waals surface area contributed by atoms with E-state index in [-0.39, 0.29) is 17.4 Å². The molecule has 1 saturated heterocycles. The number of fused-ring (bicyclic) bond motifs is 1. The molecule has 0 bridgehead atoms. The first kappa shape index (κ1) is 19.7. The topological polar surface area (TPSA) is 87.0 Å². The Kier molecular flexibility index (Phi) is 5.74. The molecule has 152 valence electrons. The molecule has 1 N–H and O–H groups in total. The van der Waals surface area contributed by atoms with Gasteiger partial charge in [0, 0.05) is 50.4 Å². The van der Waals surface area contributed by atoms with Gasteiger partial charge in [-0.05, 0) is 18.4 Å². The summed E-state index contributed by atoms with van der Waals surface area (Å²) >= 11 is 2.79. The van der Waals surface area contributed by atoms with Gasteiger partial charge in [0.05, 0.1) is 10.6 Å². The molecule has 3 aromatic heterocycles. The Morgan fingerprint density at radius 2 is 2.00 bits per heavy atom. The van der Waals surface area contributed by atoms with E-state index in [4.69, 9.17) is 0 Å². The van der Waals surface area contributed by atoms with Gasteiger partial charge in [-0.3, -0.25) is 23.7 Å². The smallest absolute Gasteiger partial charge is 0.261 e. The molecule has 1 unspecified atom stereocenters. The molecule has 0 saturated carbocycles. The van der Waals surface area contributed by atoms with E-state index in [1.165, 1.54) is 27.1 Å². The van der Waals surface area contributed by atoms with Gasteiger partial charge in [0.1, 0.15) is 6.04 Å². The maximum Gasteiger partial charge on any atom is 0.261 e. The van der Waals surface area contributed by atoms with Crippen molar-refractivity contribution in [2.75, 3.05) is 26.2 Å². The van der Waals surface area contributed by atoms with Crippen molar-refractivity contribution in [1.82, 2.24) is 24.5 Å². The highest BCUT2D eigenvalue weighted by Gasteiger charge is 2.26. The van der Waals surface area contributed by atoms with Gasteiger partial charge in [-0.25, -0.2) is 4.98 Å². The van der Waals surface area contributed by atoms with E-state index >= 15 is 0 Å². The predicted molar refractivity (Wildman–Crippen MR) is 112 cm³/mol. The average Bonchev–Trinajstić information content (AvgIpc) is 3.40. The molecule has 0 aromatic carbocycles. The molecule has 0 radical (unpaired) electrons. The second-order valence-electron chi connectivity index (χ2n) is 6.92. The highest BCUT2D eigenvalue weighted by Crippen LogP contribution is 2.12. The lowest BCUT2D eigenvalue weighted by Gasteiger charge is -2.35. The number of nitrogens with one attached hydrogen (secondary N) is 1. The summed E-state index contributed by atoms with van der Waals surface area (Å²) in [5.74, 6) is -0.299. The second kappa shape index (κ2) is 8.44. The Bertz CT molecular complexity index is 1070. The number of aromatic nitrogens is 2. The van der Waals surface area contributed by atoms with Crippen LogP contribution in [0.1, 0.15) is 22.3 Å². The van der Waals surface area contributed by atoms with Gasteiger partial charge >= 0.3 is 0 Å². The summed E-state index contributed by atoms with van der Waals surface area (Å²) < 4.78 is 1.54. The maximum atomic E-state index is 12.7. The first-order chi connectivity index (χ1) is 14.0. The fourth-order valence-corrected chi connectivity index (χ4v) is 4.70. The zero-order chi connectivity index (χ0) is 20.4. The van der Waals surface area contributed by atoms with Crippen LogP contribution in [0.2, 0.25) is 0 Å². The normalized spacial score (nSPS) is 16.1. The number of hydrogen-bond donors (Lipinski definition) is 1. The summed E-state index contributed by atoms with van der Waals surface area (Å²) in [5.41, 5.74) is 0.671. The summed E-state index contributed by atoms with van der Waals surface area (Å²) in [5, 5.41) is 6.45. The predicted octanol–water partition coefficient (Wildman–Crippen LogP) is 1.28. The third-order valence-electron chi connectivity index (χ3n) is 4.89. The van der Waals surface area contributed by atoms with E-state index < -0.39 is 6.04 Å². The first-order valence-electron chi connectivity index (χ1n) is 9.32. The largest absolute Gasteiger partial charge is 0.340 e. The van der Waals surface area contributed by atoms with Crippen LogP contribution in [0, 0.1) is 0 Å². The Morgan fingerprint density at radius 3 is 2.72 bits per heavy atom. The number of amides is 2. The van der Waals surface area contributed by atoms with Crippen LogP contribution in [0.3, 0.4) is 0 Å². The summed E-state index contributed by atoms with van der Waals surface area (Å²) in [6, 6.07) is 4.55. The number of thiazole rings is 1. The molecule has 1 aliphatic heterocycles. The van der Waals surface area contributed by atoms with Gasteiger partial charge in [-0.15, -0.1) is 22.7 Å². The minimum absolute atomic E-state index is 0.0737. The van der Waals surface area contributed by atoms with E-state index in [2.05, 4.69) is 15.2 Å². The molecular weight excluding hydrogens is 410 g/mol. The molecule has 1 fully saturated rings. The fourth-order valence-electron chi connectivity index (χ4n) is 3.34. The van der Waals surface area contributed by atoms with Crippen LogP contribution < -0.4 is 10.9 Å². The molecular formula is C19H21N5O3S2. The van der Waals surface area contributed by atoms with Gasteiger partial charge in [-0.1, -0.05) is 6.07 Å². The molecule has 4 rings (SSSR count). The van der Waals surface area contributed by atoms with Crippen molar-refractivity contribution >= 4 is 39.4 Å². The van der Waals surface area contributed by atoms with Crippen LogP contribution in [0.4, 0.5) is 0 Å². The lowest BCUT2D eigenvalue weighted by atomic mass is 10.2. The summed E-state index contributed by atoms with van der Waals surface area (Å²) in [6.07, 6.45) is 1.72. The highest BCUT2D eigenvalue weighted by molar-refractivity contribution is 7.15. The van der Waals surface area contributed by atoms with Crippen LogP contribution in [0.15, 0.2) is 40.0 Å². The van der Waals surface area contributed by atoms with Gasteiger partial charge in [0.2, 0.25) is 5.91 Å². The lowest BCUT2D eigenvalue weighted by Crippen LogP contribution is -2.53. The Balaban J connectivity index is 1.30.